The van der Waals surface area contributed by atoms with Crippen LogP contribution in [0.1, 0.15) is 43.7 Å². The number of ketones is 1. The first-order valence-corrected chi connectivity index (χ1v) is 11.0. The minimum absolute atomic E-state index is 0.0534. The Morgan fingerprint density at radius 3 is 2.60 bits per heavy atom. The highest BCUT2D eigenvalue weighted by Gasteiger charge is 2.41. The second kappa shape index (κ2) is 8.52. The lowest BCUT2D eigenvalue weighted by Crippen LogP contribution is -2.36. The van der Waals surface area contributed by atoms with Gasteiger partial charge in [0.15, 0.2) is 17.3 Å². The monoisotopic (exact) mass is 474 g/mol. The van der Waals surface area contributed by atoms with Gasteiger partial charge in [0.2, 0.25) is 0 Å². The Labute approximate surface area is 183 Å². The topological polar surface area (TPSA) is 55.8 Å². The average Bonchev–Trinajstić information content (AvgIpc) is 2.70. The Kier molecular flexibility index (Phi) is 5.98. The second-order valence-corrected chi connectivity index (χ2v) is 8.98. The van der Waals surface area contributed by atoms with Crippen molar-refractivity contribution in [2.24, 2.45) is 5.41 Å². The van der Waals surface area contributed by atoms with Crippen molar-refractivity contribution in [3.05, 3.63) is 63.6 Å². The number of allylic oxidation sites excluding steroid dienone is 2. The largest absolute Gasteiger partial charge is 0.512 e. The van der Waals surface area contributed by atoms with E-state index in [1.165, 1.54) is 6.07 Å². The molecule has 0 unspecified atom stereocenters. The Balaban J connectivity index is 1.69. The normalized spacial score (nSPS) is 18.7. The lowest BCUT2D eigenvalue weighted by Gasteiger charge is -2.39. The highest BCUT2D eigenvalue weighted by Crippen LogP contribution is 2.47. The minimum atomic E-state index is -0.484. The molecule has 1 fully saturated rings. The lowest BCUT2D eigenvalue weighted by atomic mass is 9.67. The lowest BCUT2D eigenvalue weighted by molar-refractivity contribution is -0.118. The summed E-state index contributed by atoms with van der Waals surface area (Å²) in [6, 6.07) is 9.94. The number of hydrogen-bond acceptors (Lipinski definition) is 4. The van der Waals surface area contributed by atoms with E-state index in [0.717, 1.165) is 18.4 Å². The molecule has 0 atom stereocenters. The van der Waals surface area contributed by atoms with Crippen LogP contribution in [0, 0.1) is 11.2 Å². The Morgan fingerprint density at radius 1 is 1.17 bits per heavy atom. The smallest absolute Gasteiger partial charge is 0.167 e. The number of hydrogen-bond donors (Lipinski definition) is 1. The number of rotatable bonds is 4. The van der Waals surface area contributed by atoms with Crippen molar-refractivity contribution in [2.45, 2.75) is 39.0 Å². The van der Waals surface area contributed by atoms with Crippen LogP contribution in [0.25, 0.3) is 5.57 Å². The van der Waals surface area contributed by atoms with Gasteiger partial charge in [0, 0.05) is 30.5 Å². The summed E-state index contributed by atoms with van der Waals surface area (Å²) in [4.78, 5) is 13.1. The SMILES string of the molecule is CCc1ccc(Oc2ccc(Br)cc2F)cc1C1=C(O)CC2(CCOCC2)CC1=O. The summed E-state index contributed by atoms with van der Waals surface area (Å²) in [5, 5.41) is 10.9. The summed E-state index contributed by atoms with van der Waals surface area (Å²) >= 11 is 3.23. The third-order valence-corrected chi connectivity index (χ3v) is 6.55. The van der Waals surface area contributed by atoms with E-state index in [1.807, 2.05) is 13.0 Å². The maximum Gasteiger partial charge on any atom is 0.167 e. The van der Waals surface area contributed by atoms with Crippen LogP contribution >= 0.6 is 15.9 Å². The molecule has 2 aromatic rings. The molecule has 6 heteroatoms. The quantitative estimate of drug-likeness (QED) is 0.558. The van der Waals surface area contributed by atoms with E-state index in [4.69, 9.17) is 9.47 Å². The van der Waals surface area contributed by atoms with Gasteiger partial charge in [-0.3, -0.25) is 4.79 Å². The number of carbonyl (C=O) groups excluding carboxylic acids is 1. The third-order valence-electron chi connectivity index (χ3n) is 6.05. The van der Waals surface area contributed by atoms with Crippen LogP contribution in [0.4, 0.5) is 4.39 Å². The van der Waals surface area contributed by atoms with Gasteiger partial charge < -0.3 is 14.6 Å². The van der Waals surface area contributed by atoms with Crippen molar-refractivity contribution < 1.29 is 23.8 Å². The van der Waals surface area contributed by atoms with Crippen molar-refractivity contribution in [1.82, 2.24) is 0 Å². The number of carbonyl (C=O) groups is 1. The molecular formula is C24H24BrFO4. The van der Waals surface area contributed by atoms with Gasteiger partial charge in [-0.15, -0.1) is 0 Å². The van der Waals surface area contributed by atoms with E-state index in [-0.39, 0.29) is 22.7 Å². The summed E-state index contributed by atoms with van der Waals surface area (Å²) < 4.78 is 26.0. The molecular weight excluding hydrogens is 451 g/mol. The third kappa shape index (κ3) is 4.16. The Hall–Kier alpha value is -2.18. The molecule has 1 spiro atoms. The maximum absolute atomic E-state index is 14.2. The number of aliphatic hydroxyl groups is 1. The number of aryl methyl sites for hydroxylation is 1. The van der Waals surface area contributed by atoms with E-state index in [9.17, 15) is 14.3 Å². The van der Waals surface area contributed by atoms with E-state index < -0.39 is 5.82 Å². The summed E-state index contributed by atoms with van der Waals surface area (Å²) in [6.45, 7) is 3.25. The van der Waals surface area contributed by atoms with Crippen LogP contribution in [0.5, 0.6) is 11.5 Å². The van der Waals surface area contributed by atoms with E-state index in [2.05, 4.69) is 15.9 Å². The van der Waals surface area contributed by atoms with Gasteiger partial charge in [-0.2, -0.15) is 0 Å². The van der Waals surface area contributed by atoms with Crippen LogP contribution < -0.4 is 4.74 Å². The zero-order chi connectivity index (χ0) is 21.3. The van der Waals surface area contributed by atoms with Crippen molar-refractivity contribution >= 4 is 27.3 Å². The molecule has 0 amide bonds. The molecule has 1 saturated heterocycles. The summed E-state index contributed by atoms with van der Waals surface area (Å²) in [5.41, 5.74) is 1.77. The molecule has 2 aliphatic rings. The zero-order valence-electron chi connectivity index (χ0n) is 16.8. The highest BCUT2D eigenvalue weighted by molar-refractivity contribution is 9.10. The number of halogens is 2. The molecule has 1 N–H and O–H groups in total. The fraction of sp³-hybridized carbons (Fsp3) is 0.375. The van der Waals surface area contributed by atoms with E-state index in [0.29, 0.717) is 53.8 Å². The Bertz CT molecular complexity index is 1010. The van der Waals surface area contributed by atoms with Crippen LogP contribution in [0.3, 0.4) is 0 Å². The molecule has 0 saturated carbocycles. The number of Topliss-reactive ketones (excluding diaryl/α,β-unsaturated/α-hetero) is 1. The van der Waals surface area contributed by atoms with Gasteiger partial charge in [0.1, 0.15) is 11.5 Å². The van der Waals surface area contributed by atoms with Crippen molar-refractivity contribution in [1.29, 1.82) is 0 Å². The van der Waals surface area contributed by atoms with Crippen molar-refractivity contribution in [2.75, 3.05) is 13.2 Å². The number of ether oxygens (including phenoxy) is 2. The summed E-state index contributed by atoms with van der Waals surface area (Å²) in [7, 11) is 0. The maximum atomic E-state index is 14.2. The predicted octanol–water partition coefficient (Wildman–Crippen LogP) is 6.37. The fourth-order valence-electron chi connectivity index (χ4n) is 4.40. The van der Waals surface area contributed by atoms with Gasteiger partial charge in [0.25, 0.3) is 0 Å². The molecule has 4 nitrogen and oxygen atoms in total. The molecule has 1 aliphatic carbocycles. The second-order valence-electron chi connectivity index (χ2n) is 8.06. The van der Waals surface area contributed by atoms with Gasteiger partial charge in [-0.05, 0) is 66.1 Å². The molecule has 2 aromatic carbocycles. The number of benzene rings is 2. The highest BCUT2D eigenvalue weighted by atomic mass is 79.9. The van der Waals surface area contributed by atoms with E-state index >= 15 is 0 Å². The molecule has 0 radical (unpaired) electrons. The van der Waals surface area contributed by atoms with Crippen molar-refractivity contribution in [3.8, 4) is 11.5 Å². The average molecular weight is 475 g/mol. The van der Waals surface area contributed by atoms with Crippen LogP contribution in [0.2, 0.25) is 0 Å². The van der Waals surface area contributed by atoms with Gasteiger partial charge >= 0.3 is 0 Å². The predicted molar refractivity (Wildman–Crippen MR) is 116 cm³/mol. The van der Waals surface area contributed by atoms with E-state index in [1.54, 1.807) is 24.3 Å². The minimum Gasteiger partial charge on any atom is -0.512 e. The first kappa shape index (κ1) is 21.1. The zero-order valence-corrected chi connectivity index (χ0v) is 18.4. The molecule has 0 aromatic heterocycles. The standard InChI is InChI=1S/C24H24BrFO4/c1-2-15-3-5-17(30-22-6-4-16(25)11-19(22)26)12-18(15)23-20(27)13-24(14-21(23)28)7-9-29-10-8-24/h3-6,11-12,27H,2,7-10,13-14H2,1H3. The van der Waals surface area contributed by atoms with Crippen LogP contribution in [-0.4, -0.2) is 24.1 Å². The Morgan fingerprint density at radius 2 is 1.93 bits per heavy atom. The number of aliphatic hydroxyl groups excluding tert-OH is 1. The molecule has 0 bridgehead atoms. The first-order chi connectivity index (χ1) is 14.4. The fourth-order valence-corrected chi connectivity index (χ4v) is 4.74. The van der Waals surface area contributed by atoms with Gasteiger partial charge in [-0.1, -0.05) is 28.9 Å². The van der Waals surface area contributed by atoms with Gasteiger partial charge in [-0.25, -0.2) is 4.39 Å². The molecule has 4 rings (SSSR count). The van der Waals surface area contributed by atoms with Gasteiger partial charge in [0.05, 0.1) is 5.57 Å². The summed E-state index contributed by atoms with van der Waals surface area (Å²) in [6.07, 6.45) is 3.15. The summed E-state index contributed by atoms with van der Waals surface area (Å²) in [5.74, 6) is 0.116. The molecule has 1 aliphatic heterocycles. The van der Waals surface area contributed by atoms with Crippen LogP contribution in [-0.2, 0) is 16.0 Å². The molecule has 30 heavy (non-hydrogen) atoms. The van der Waals surface area contributed by atoms with Crippen molar-refractivity contribution in [3.63, 3.8) is 0 Å². The molecule has 158 valence electrons. The first-order valence-electron chi connectivity index (χ1n) is 10.2. The molecule has 1 heterocycles. The van der Waals surface area contributed by atoms with Crippen LogP contribution in [0.15, 0.2) is 46.6 Å².